The summed E-state index contributed by atoms with van der Waals surface area (Å²) in [5.74, 6) is -0.476. The molecule has 1 amide bonds. The van der Waals surface area contributed by atoms with Gasteiger partial charge in [0.25, 0.3) is 0 Å². The van der Waals surface area contributed by atoms with E-state index >= 15 is 0 Å². The first kappa shape index (κ1) is 16.3. The van der Waals surface area contributed by atoms with Crippen molar-refractivity contribution in [1.29, 1.82) is 5.26 Å². The summed E-state index contributed by atoms with van der Waals surface area (Å²) in [6.07, 6.45) is -4.36. The van der Waals surface area contributed by atoms with Crippen molar-refractivity contribution in [3.8, 4) is 6.07 Å². The number of rotatable bonds is 5. The van der Waals surface area contributed by atoms with E-state index in [0.717, 1.165) is 6.07 Å². The van der Waals surface area contributed by atoms with Gasteiger partial charge < -0.3 is 10.6 Å². The molecule has 0 aliphatic heterocycles. The van der Waals surface area contributed by atoms with Crippen LogP contribution in [-0.2, 0) is 11.0 Å². The molecule has 0 radical (unpaired) electrons. The lowest BCUT2D eigenvalue weighted by Crippen LogP contribution is -2.30. The lowest BCUT2D eigenvalue weighted by Gasteiger charge is -2.14. The summed E-state index contributed by atoms with van der Waals surface area (Å²) in [5, 5.41) is 13.1. The van der Waals surface area contributed by atoms with Gasteiger partial charge in [0, 0.05) is 16.7 Å². The molecule has 0 aliphatic rings. The highest BCUT2D eigenvalue weighted by molar-refractivity contribution is 9.10. The molecule has 0 bridgehead atoms. The molecule has 8 heteroatoms. The van der Waals surface area contributed by atoms with Crippen LogP contribution in [-0.4, -0.2) is 19.0 Å². The average Bonchev–Trinajstić information content (AvgIpc) is 2.36. The maximum absolute atomic E-state index is 12.8. The first-order valence-electron chi connectivity index (χ1n) is 5.59. The van der Waals surface area contributed by atoms with Crippen molar-refractivity contribution in [2.75, 3.05) is 18.4 Å². The fourth-order valence-corrected chi connectivity index (χ4v) is 1.76. The fraction of sp³-hybridized carbons (Fsp3) is 0.333. The zero-order chi connectivity index (χ0) is 15.2. The molecule has 0 atom stereocenters. The van der Waals surface area contributed by atoms with Gasteiger partial charge in [-0.2, -0.15) is 18.4 Å². The number of halogens is 4. The second-order valence-electron chi connectivity index (χ2n) is 3.80. The number of nitrogens with one attached hydrogen (secondary N) is 2. The molecule has 1 aromatic carbocycles. The quantitative estimate of drug-likeness (QED) is 0.803. The molecule has 0 saturated carbocycles. The summed E-state index contributed by atoms with van der Waals surface area (Å²) in [5.41, 5.74) is -1.02. The van der Waals surface area contributed by atoms with Gasteiger partial charge in [0.15, 0.2) is 0 Å². The molecule has 108 valence electrons. The molecule has 0 fully saturated rings. The fourth-order valence-electron chi connectivity index (χ4n) is 1.40. The van der Waals surface area contributed by atoms with Crippen molar-refractivity contribution in [2.24, 2.45) is 0 Å². The molecule has 1 aromatic rings. The molecule has 0 spiro atoms. The van der Waals surface area contributed by atoms with Crippen LogP contribution < -0.4 is 10.6 Å². The molecule has 0 saturated heterocycles. The van der Waals surface area contributed by atoms with E-state index in [1.165, 1.54) is 12.1 Å². The number of nitriles is 1. The summed E-state index contributed by atoms with van der Waals surface area (Å²) in [4.78, 5) is 11.3. The maximum Gasteiger partial charge on any atom is 0.418 e. The number of hydrogen-bond acceptors (Lipinski definition) is 3. The number of nitrogens with zero attached hydrogens (tertiary/aromatic N) is 1. The monoisotopic (exact) mass is 349 g/mol. The Morgan fingerprint density at radius 1 is 1.40 bits per heavy atom. The van der Waals surface area contributed by atoms with E-state index < -0.39 is 17.6 Å². The molecule has 0 heterocycles. The second-order valence-corrected chi connectivity index (χ2v) is 4.71. The summed E-state index contributed by atoms with van der Waals surface area (Å²) in [6.45, 7) is -0.125. The Labute approximate surface area is 122 Å². The Hall–Kier alpha value is -1.75. The van der Waals surface area contributed by atoms with Crippen molar-refractivity contribution in [2.45, 2.75) is 12.6 Å². The number of alkyl halides is 3. The van der Waals surface area contributed by atoms with Crippen LogP contribution in [0, 0.1) is 11.3 Å². The van der Waals surface area contributed by atoms with Crippen LogP contribution in [0.1, 0.15) is 12.0 Å². The van der Waals surface area contributed by atoms with E-state index in [0.29, 0.717) is 4.47 Å². The predicted octanol–water partition coefficient (Wildman–Crippen LogP) is 2.91. The molecule has 0 aliphatic carbocycles. The third-order valence-corrected chi connectivity index (χ3v) is 2.78. The van der Waals surface area contributed by atoms with Gasteiger partial charge in [-0.05, 0) is 18.2 Å². The van der Waals surface area contributed by atoms with E-state index in [1.54, 1.807) is 0 Å². The third-order valence-electron chi connectivity index (χ3n) is 2.29. The second kappa shape index (κ2) is 7.14. The van der Waals surface area contributed by atoms with E-state index in [1.807, 2.05) is 6.07 Å². The maximum atomic E-state index is 12.8. The number of carbonyl (C=O) groups excluding carboxylic acids is 1. The van der Waals surface area contributed by atoms with Gasteiger partial charge in [-0.3, -0.25) is 4.79 Å². The van der Waals surface area contributed by atoms with Crippen LogP contribution in [0.25, 0.3) is 0 Å². The van der Waals surface area contributed by atoms with Crippen molar-refractivity contribution >= 4 is 27.5 Å². The molecule has 0 unspecified atom stereocenters. The van der Waals surface area contributed by atoms with Crippen molar-refractivity contribution in [1.82, 2.24) is 5.32 Å². The van der Waals surface area contributed by atoms with Crippen LogP contribution in [0.5, 0.6) is 0 Å². The highest BCUT2D eigenvalue weighted by Gasteiger charge is 2.33. The largest absolute Gasteiger partial charge is 0.418 e. The lowest BCUT2D eigenvalue weighted by molar-refractivity contribution is -0.137. The van der Waals surface area contributed by atoms with Crippen LogP contribution >= 0.6 is 15.9 Å². The van der Waals surface area contributed by atoms with Crippen molar-refractivity contribution in [3.63, 3.8) is 0 Å². The zero-order valence-electron chi connectivity index (χ0n) is 10.2. The molecule has 1 rings (SSSR count). The first-order chi connectivity index (χ1) is 9.34. The number of anilines is 1. The third kappa shape index (κ3) is 5.09. The Kier molecular flexibility index (Phi) is 5.82. The molecular weight excluding hydrogens is 339 g/mol. The number of benzene rings is 1. The molecular formula is C12H11BrF3N3O. The Morgan fingerprint density at radius 3 is 2.70 bits per heavy atom. The van der Waals surface area contributed by atoms with Crippen molar-refractivity contribution in [3.05, 3.63) is 28.2 Å². The van der Waals surface area contributed by atoms with E-state index in [2.05, 4.69) is 26.6 Å². The van der Waals surface area contributed by atoms with Gasteiger partial charge in [-0.25, -0.2) is 0 Å². The number of hydrogen-bond donors (Lipinski definition) is 2. The standard InChI is InChI=1S/C12H11BrF3N3O/c13-8-2-3-10(9(6-8)12(14,15)16)19-7-11(20)18-5-1-4-17/h2-3,6,19H,1,5,7H2,(H,18,20). The topological polar surface area (TPSA) is 64.9 Å². The minimum absolute atomic E-state index is 0.151. The van der Waals surface area contributed by atoms with Gasteiger partial charge in [0.2, 0.25) is 5.91 Å². The smallest absolute Gasteiger partial charge is 0.376 e. The molecule has 2 N–H and O–H groups in total. The minimum atomic E-state index is -4.51. The first-order valence-corrected chi connectivity index (χ1v) is 6.38. The summed E-state index contributed by atoms with van der Waals surface area (Å²) >= 11 is 2.97. The zero-order valence-corrected chi connectivity index (χ0v) is 11.8. The van der Waals surface area contributed by atoms with Crippen molar-refractivity contribution < 1.29 is 18.0 Å². The van der Waals surface area contributed by atoms with Crippen LogP contribution in [0.3, 0.4) is 0 Å². The number of carbonyl (C=O) groups is 1. The SMILES string of the molecule is N#CCCNC(=O)CNc1ccc(Br)cc1C(F)(F)F. The molecule has 0 aromatic heterocycles. The lowest BCUT2D eigenvalue weighted by atomic mass is 10.1. The Balaban J connectivity index is 2.69. The Morgan fingerprint density at radius 2 is 2.10 bits per heavy atom. The van der Waals surface area contributed by atoms with Gasteiger partial charge in [0.1, 0.15) is 0 Å². The van der Waals surface area contributed by atoms with E-state index in [9.17, 15) is 18.0 Å². The Bertz CT molecular complexity index is 526. The van der Waals surface area contributed by atoms with Crippen LogP contribution in [0.2, 0.25) is 0 Å². The van der Waals surface area contributed by atoms with Crippen LogP contribution in [0.15, 0.2) is 22.7 Å². The highest BCUT2D eigenvalue weighted by atomic mass is 79.9. The summed E-state index contributed by atoms with van der Waals surface area (Å²) in [6, 6.07) is 5.48. The minimum Gasteiger partial charge on any atom is -0.376 e. The van der Waals surface area contributed by atoms with Gasteiger partial charge in [0.05, 0.1) is 24.6 Å². The van der Waals surface area contributed by atoms with Gasteiger partial charge in [-0.15, -0.1) is 0 Å². The van der Waals surface area contributed by atoms with Gasteiger partial charge in [-0.1, -0.05) is 15.9 Å². The normalized spacial score (nSPS) is 10.8. The molecule has 20 heavy (non-hydrogen) atoms. The molecule has 4 nitrogen and oxygen atoms in total. The van der Waals surface area contributed by atoms with Crippen LogP contribution in [0.4, 0.5) is 18.9 Å². The average molecular weight is 350 g/mol. The van der Waals surface area contributed by atoms with E-state index in [4.69, 9.17) is 5.26 Å². The summed E-state index contributed by atoms with van der Waals surface area (Å²) in [7, 11) is 0. The number of amides is 1. The summed E-state index contributed by atoms with van der Waals surface area (Å²) < 4.78 is 38.7. The van der Waals surface area contributed by atoms with E-state index in [-0.39, 0.29) is 25.2 Å². The van der Waals surface area contributed by atoms with Gasteiger partial charge >= 0.3 is 6.18 Å². The highest BCUT2D eigenvalue weighted by Crippen LogP contribution is 2.36. The predicted molar refractivity (Wildman–Crippen MR) is 70.9 cm³/mol.